The van der Waals surface area contributed by atoms with Gasteiger partial charge in [0, 0.05) is 57.0 Å². The molecule has 33 heavy (non-hydrogen) atoms. The lowest BCUT2D eigenvalue weighted by atomic mass is 9.78. The molecule has 1 N–H and O–H groups in total. The number of piperidine rings is 1. The number of rotatable bonds is 6. The van der Waals surface area contributed by atoms with E-state index in [0.717, 1.165) is 96.5 Å². The fourth-order valence-corrected chi connectivity index (χ4v) is 6.50. The zero-order valence-corrected chi connectivity index (χ0v) is 19.8. The van der Waals surface area contributed by atoms with Crippen molar-refractivity contribution in [2.24, 2.45) is 11.3 Å². The molecule has 2 saturated carbocycles. The molecular weight excluding hydrogens is 416 g/mol. The van der Waals surface area contributed by atoms with E-state index in [1.165, 1.54) is 6.42 Å². The van der Waals surface area contributed by atoms with E-state index >= 15 is 0 Å². The highest BCUT2D eigenvalue weighted by Crippen LogP contribution is 2.59. The molecule has 2 amide bonds. The predicted molar refractivity (Wildman–Crippen MR) is 126 cm³/mol. The maximum Gasteiger partial charge on any atom is 0.243 e. The van der Waals surface area contributed by atoms with Gasteiger partial charge in [-0.25, -0.2) is 0 Å². The van der Waals surface area contributed by atoms with E-state index in [0.29, 0.717) is 12.5 Å². The monoisotopic (exact) mass is 454 g/mol. The molecule has 1 atom stereocenters. The van der Waals surface area contributed by atoms with Crippen molar-refractivity contribution in [3.05, 3.63) is 30.1 Å². The van der Waals surface area contributed by atoms with E-state index in [1.54, 1.807) is 6.20 Å². The van der Waals surface area contributed by atoms with Crippen molar-refractivity contribution in [1.29, 1.82) is 0 Å². The van der Waals surface area contributed by atoms with Crippen LogP contribution in [0.3, 0.4) is 0 Å². The SMILES string of the molecule is O=C(NCCc1ccccn1)[C@@H]1CC12CCN(C(=O)C1(N3CCOCC3)CCCCC1)CC2. The third-order valence-electron chi connectivity index (χ3n) is 8.65. The maximum absolute atomic E-state index is 13.9. The topological polar surface area (TPSA) is 74.8 Å². The number of carbonyl (C=O) groups excluding carboxylic acids is 2. The summed E-state index contributed by atoms with van der Waals surface area (Å²) in [5.74, 6) is 0.639. The smallest absolute Gasteiger partial charge is 0.243 e. The Labute approximate surface area is 197 Å². The summed E-state index contributed by atoms with van der Waals surface area (Å²) in [6, 6.07) is 5.88. The number of pyridine rings is 1. The minimum Gasteiger partial charge on any atom is -0.379 e. The van der Waals surface area contributed by atoms with Gasteiger partial charge in [0.05, 0.1) is 13.2 Å². The van der Waals surface area contributed by atoms with E-state index in [4.69, 9.17) is 4.74 Å². The van der Waals surface area contributed by atoms with Crippen LogP contribution in [-0.2, 0) is 20.7 Å². The fourth-order valence-electron chi connectivity index (χ4n) is 6.50. The number of hydrogen-bond acceptors (Lipinski definition) is 5. The molecule has 1 aromatic rings. The molecule has 0 radical (unpaired) electrons. The Balaban J connectivity index is 1.13. The van der Waals surface area contributed by atoms with Gasteiger partial charge in [-0.3, -0.25) is 19.5 Å². The van der Waals surface area contributed by atoms with Gasteiger partial charge in [0.1, 0.15) is 5.54 Å². The number of morpholine rings is 1. The van der Waals surface area contributed by atoms with Gasteiger partial charge >= 0.3 is 0 Å². The molecule has 2 aliphatic heterocycles. The summed E-state index contributed by atoms with van der Waals surface area (Å²) < 4.78 is 5.58. The summed E-state index contributed by atoms with van der Waals surface area (Å²) >= 11 is 0. The largest absolute Gasteiger partial charge is 0.379 e. The first-order valence-corrected chi connectivity index (χ1v) is 12.9. The molecule has 5 rings (SSSR count). The third kappa shape index (κ3) is 4.67. The highest BCUT2D eigenvalue weighted by atomic mass is 16.5. The second-order valence-corrected chi connectivity index (χ2v) is 10.5. The number of hydrogen-bond donors (Lipinski definition) is 1. The number of amides is 2. The van der Waals surface area contributed by atoms with E-state index in [-0.39, 0.29) is 22.8 Å². The molecule has 0 aromatic carbocycles. The molecule has 7 heteroatoms. The Morgan fingerprint density at radius 3 is 2.48 bits per heavy atom. The first kappa shape index (κ1) is 22.8. The normalized spacial score (nSPS) is 26.7. The molecule has 0 bridgehead atoms. The van der Waals surface area contributed by atoms with Crippen LogP contribution >= 0.6 is 0 Å². The molecule has 2 saturated heterocycles. The Hall–Kier alpha value is -1.99. The number of nitrogens with zero attached hydrogens (tertiary/aromatic N) is 3. The lowest BCUT2D eigenvalue weighted by molar-refractivity contribution is -0.153. The molecule has 4 fully saturated rings. The van der Waals surface area contributed by atoms with Crippen LogP contribution in [0.5, 0.6) is 0 Å². The predicted octanol–water partition coefficient (Wildman–Crippen LogP) is 2.40. The van der Waals surface area contributed by atoms with Crippen molar-refractivity contribution in [2.75, 3.05) is 45.9 Å². The summed E-state index contributed by atoms with van der Waals surface area (Å²) in [4.78, 5) is 35.5. The van der Waals surface area contributed by atoms with Crippen LogP contribution in [0.25, 0.3) is 0 Å². The van der Waals surface area contributed by atoms with Gasteiger partial charge in [0.25, 0.3) is 0 Å². The molecule has 1 aromatic heterocycles. The van der Waals surface area contributed by atoms with Crippen molar-refractivity contribution >= 4 is 11.8 Å². The van der Waals surface area contributed by atoms with Crippen molar-refractivity contribution in [3.8, 4) is 0 Å². The molecule has 7 nitrogen and oxygen atoms in total. The van der Waals surface area contributed by atoms with Crippen LogP contribution in [-0.4, -0.2) is 78.1 Å². The van der Waals surface area contributed by atoms with Crippen molar-refractivity contribution < 1.29 is 14.3 Å². The summed E-state index contributed by atoms with van der Waals surface area (Å²) in [6.45, 7) is 5.42. The van der Waals surface area contributed by atoms with E-state index in [1.807, 2.05) is 18.2 Å². The number of aromatic nitrogens is 1. The number of likely N-dealkylation sites (tertiary alicyclic amines) is 1. The Morgan fingerprint density at radius 2 is 1.79 bits per heavy atom. The molecule has 1 spiro atoms. The van der Waals surface area contributed by atoms with Crippen LogP contribution in [0.1, 0.15) is 57.1 Å². The van der Waals surface area contributed by atoms with Gasteiger partial charge in [-0.15, -0.1) is 0 Å². The summed E-state index contributed by atoms with van der Waals surface area (Å²) in [5.41, 5.74) is 0.801. The highest BCUT2D eigenvalue weighted by molar-refractivity contribution is 5.87. The fraction of sp³-hybridized carbons (Fsp3) is 0.731. The van der Waals surface area contributed by atoms with E-state index in [9.17, 15) is 9.59 Å². The first-order chi connectivity index (χ1) is 16.1. The van der Waals surface area contributed by atoms with Crippen LogP contribution in [0.15, 0.2) is 24.4 Å². The van der Waals surface area contributed by atoms with Crippen LogP contribution in [0.2, 0.25) is 0 Å². The van der Waals surface area contributed by atoms with Gasteiger partial charge < -0.3 is 15.0 Å². The lowest BCUT2D eigenvalue weighted by Crippen LogP contribution is -2.63. The minimum absolute atomic E-state index is 0.112. The Kier molecular flexibility index (Phi) is 6.70. The second kappa shape index (κ2) is 9.71. The van der Waals surface area contributed by atoms with Crippen LogP contribution in [0, 0.1) is 11.3 Å². The molecular formula is C26H38N4O3. The molecule has 0 unspecified atom stereocenters. The molecule has 180 valence electrons. The van der Waals surface area contributed by atoms with Crippen molar-refractivity contribution in [2.45, 2.75) is 63.3 Å². The molecule has 3 heterocycles. The van der Waals surface area contributed by atoms with Gasteiger partial charge in [0.2, 0.25) is 11.8 Å². The van der Waals surface area contributed by atoms with Gasteiger partial charge in [-0.05, 0) is 49.7 Å². The van der Waals surface area contributed by atoms with Gasteiger partial charge in [-0.1, -0.05) is 25.3 Å². The zero-order valence-electron chi connectivity index (χ0n) is 19.8. The van der Waals surface area contributed by atoms with Crippen LogP contribution < -0.4 is 5.32 Å². The lowest BCUT2D eigenvalue weighted by Gasteiger charge is -2.49. The summed E-state index contributed by atoms with van der Waals surface area (Å²) in [5, 5.41) is 3.12. The standard InChI is InChI=1S/C26H38N4O3/c31-23(28-13-7-21-6-2-5-12-27-21)22-20-25(22)10-14-29(15-11-25)24(32)26(8-3-1-4-9-26)30-16-18-33-19-17-30/h2,5-6,12,22H,1,3-4,7-11,13-20H2,(H,28,31)/t22-/m0/s1. The highest BCUT2D eigenvalue weighted by Gasteiger charge is 2.59. The maximum atomic E-state index is 13.9. The van der Waals surface area contributed by atoms with Crippen molar-refractivity contribution in [3.63, 3.8) is 0 Å². The van der Waals surface area contributed by atoms with E-state index in [2.05, 4.69) is 20.1 Å². The zero-order chi connectivity index (χ0) is 22.7. The summed E-state index contributed by atoms with van der Waals surface area (Å²) in [6.07, 6.45) is 10.9. The Bertz CT molecular complexity index is 825. The number of carbonyl (C=O) groups is 2. The second-order valence-electron chi connectivity index (χ2n) is 10.5. The van der Waals surface area contributed by atoms with E-state index < -0.39 is 0 Å². The average molecular weight is 455 g/mol. The molecule has 4 aliphatic rings. The average Bonchev–Trinajstić information content (AvgIpc) is 3.58. The quantitative estimate of drug-likeness (QED) is 0.715. The van der Waals surface area contributed by atoms with Crippen LogP contribution in [0.4, 0.5) is 0 Å². The number of nitrogens with one attached hydrogen (secondary N) is 1. The van der Waals surface area contributed by atoms with Gasteiger partial charge in [0.15, 0.2) is 0 Å². The summed E-state index contributed by atoms with van der Waals surface area (Å²) in [7, 11) is 0. The third-order valence-corrected chi connectivity index (χ3v) is 8.65. The Morgan fingerprint density at radius 1 is 1.03 bits per heavy atom. The van der Waals surface area contributed by atoms with Gasteiger partial charge in [-0.2, -0.15) is 0 Å². The molecule has 2 aliphatic carbocycles. The minimum atomic E-state index is -0.321. The number of ether oxygens (including phenoxy) is 1. The van der Waals surface area contributed by atoms with Crippen molar-refractivity contribution in [1.82, 2.24) is 20.1 Å². The first-order valence-electron chi connectivity index (χ1n) is 12.9.